The smallest absolute Gasteiger partial charge is 0.258 e. The van der Waals surface area contributed by atoms with E-state index < -0.39 is 0 Å². The summed E-state index contributed by atoms with van der Waals surface area (Å²) in [7, 11) is 0. The first kappa shape index (κ1) is 8.50. The zero-order chi connectivity index (χ0) is 8.65. The second-order valence-electron chi connectivity index (χ2n) is 2.35. The molecule has 1 rings (SSSR count). The highest BCUT2D eigenvalue weighted by Crippen LogP contribution is 1.97. The van der Waals surface area contributed by atoms with Crippen LogP contribution >= 0.6 is 0 Å². The van der Waals surface area contributed by atoms with Crippen molar-refractivity contribution in [3.05, 3.63) is 35.9 Å². The topological polar surface area (TPSA) is 41.5 Å². The molecular formula is C9H10N2O. The van der Waals surface area contributed by atoms with Crippen LogP contribution in [0.5, 0.6) is 0 Å². The van der Waals surface area contributed by atoms with Gasteiger partial charge in [0, 0.05) is 6.54 Å². The van der Waals surface area contributed by atoms with Crippen LogP contribution in [0.15, 0.2) is 35.4 Å². The summed E-state index contributed by atoms with van der Waals surface area (Å²) in [5.41, 5.74) is 3.81. The Labute approximate surface area is 71.1 Å². The fourth-order valence-electron chi connectivity index (χ4n) is 0.933. The number of rotatable bonds is 4. The van der Waals surface area contributed by atoms with Crippen LogP contribution in [-0.4, -0.2) is 12.6 Å². The van der Waals surface area contributed by atoms with E-state index in [1.165, 1.54) is 11.6 Å². The van der Waals surface area contributed by atoms with E-state index in [0.717, 1.165) is 6.42 Å². The normalized spacial score (nSPS) is 8.67. The standard InChI is InChI=1S/C9H10N2O/c12-8-11-10-7-6-9-4-2-1-3-5-9/h1-5,10H,6-7H2. The Morgan fingerprint density at radius 3 is 2.75 bits per heavy atom. The SMILES string of the molecule is O=C=NNCCc1ccccc1. The summed E-state index contributed by atoms with van der Waals surface area (Å²) in [5.74, 6) is 0. The molecule has 0 aromatic heterocycles. The second-order valence-corrected chi connectivity index (χ2v) is 2.35. The van der Waals surface area contributed by atoms with Gasteiger partial charge in [0.2, 0.25) is 0 Å². The summed E-state index contributed by atoms with van der Waals surface area (Å²) in [6, 6.07) is 10.0. The lowest BCUT2D eigenvalue weighted by atomic mass is 10.2. The molecule has 0 aliphatic carbocycles. The molecule has 0 fully saturated rings. The highest BCUT2D eigenvalue weighted by atomic mass is 16.1. The average Bonchev–Trinajstić information content (AvgIpc) is 2.14. The minimum atomic E-state index is 0.666. The van der Waals surface area contributed by atoms with Gasteiger partial charge in [0.15, 0.2) is 0 Å². The first-order valence-corrected chi connectivity index (χ1v) is 3.77. The van der Waals surface area contributed by atoms with E-state index >= 15 is 0 Å². The molecule has 0 unspecified atom stereocenters. The number of isocyanates is 1. The molecule has 0 amide bonds. The van der Waals surface area contributed by atoms with Crippen LogP contribution < -0.4 is 5.43 Å². The van der Waals surface area contributed by atoms with Gasteiger partial charge in [0.1, 0.15) is 0 Å². The molecule has 0 spiro atoms. The fourth-order valence-corrected chi connectivity index (χ4v) is 0.933. The Balaban J connectivity index is 2.29. The maximum absolute atomic E-state index is 9.66. The molecule has 0 aliphatic rings. The zero-order valence-electron chi connectivity index (χ0n) is 6.66. The van der Waals surface area contributed by atoms with Crippen LogP contribution in [0.2, 0.25) is 0 Å². The Hall–Kier alpha value is -1.60. The molecule has 0 aliphatic heterocycles. The third-order valence-corrected chi connectivity index (χ3v) is 1.49. The maximum atomic E-state index is 9.66. The highest BCUT2D eigenvalue weighted by molar-refractivity contribution is 5.32. The second kappa shape index (κ2) is 5.10. The lowest BCUT2D eigenvalue weighted by Gasteiger charge is -1.98. The maximum Gasteiger partial charge on any atom is 0.258 e. The molecule has 1 aromatic carbocycles. The summed E-state index contributed by atoms with van der Waals surface area (Å²) < 4.78 is 0. The summed E-state index contributed by atoms with van der Waals surface area (Å²) in [4.78, 5) is 9.66. The predicted molar refractivity (Wildman–Crippen MR) is 46.3 cm³/mol. The molecule has 0 radical (unpaired) electrons. The highest BCUT2D eigenvalue weighted by Gasteiger charge is 1.88. The third kappa shape index (κ3) is 2.99. The van der Waals surface area contributed by atoms with E-state index in [1.807, 2.05) is 30.3 Å². The van der Waals surface area contributed by atoms with E-state index in [1.54, 1.807) is 0 Å². The van der Waals surface area contributed by atoms with Gasteiger partial charge in [-0.15, -0.1) is 0 Å². The number of hydrogen-bond donors (Lipinski definition) is 1. The molecule has 0 saturated heterocycles. The molecule has 12 heavy (non-hydrogen) atoms. The van der Waals surface area contributed by atoms with Gasteiger partial charge in [-0.1, -0.05) is 35.4 Å². The minimum Gasteiger partial charge on any atom is -0.299 e. The zero-order valence-corrected chi connectivity index (χ0v) is 6.66. The summed E-state index contributed by atoms with van der Waals surface area (Å²) >= 11 is 0. The van der Waals surface area contributed by atoms with Crippen LogP contribution in [0.1, 0.15) is 5.56 Å². The summed E-state index contributed by atoms with van der Waals surface area (Å²) in [6.45, 7) is 0.666. The number of hydrazone groups is 1. The number of nitrogens with zero attached hydrogens (tertiary/aromatic N) is 1. The molecule has 0 atom stereocenters. The third-order valence-electron chi connectivity index (χ3n) is 1.49. The van der Waals surface area contributed by atoms with Crippen LogP contribution in [0, 0.1) is 0 Å². The van der Waals surface area contributed by atoms with Gasteiger partial charge >= 0.3 is 0 Å². The molecule has 1 aromatic rings. The number of nitrogens with one attached hydrogen (secondary N) is 1. The van der Waals surface area contributed by atoms with Gasteiger partial charge in [-0.3, -0.25) is 5.43 Å². The number of hydrogen-bond acceptors (Lipinski definition) is 3. The quantitative estimate of drug-likeness (QED) is 0.311. The molecule has 0 bridgehead atoms. The predicted octanol–water partition coefficient (Wildman–Crippen LogP) is 1.07. The Bertz CT molecular complexity index is 265. The van der Waals surface area contributed by atoms with Crippen LogP contribution in [0.4, 0.5) is 0 Å². The van der Waals surface area contributed by atoms with Gasteiger partial charge in [0.05, 0.1) is 0 Å². The van der Waals surface area contributed by atoms with E-state index in [-0.39, 0.29) is 0 Å². The molecular weight excluding hydrogens is 152 g/mol. The molecule has 1 N–H and O–H groups in total. The van der Waals surface area contributed by atoms with Crippen molar-refractivity contribution < 1.29 is 4.79 Å². The molecule has 62 valence electrons. The van der Waals surface area contributed by atoms with E-state index in [4.69, 9.17) is 0 Å². The van der Waals surface area contributed by atoms with Crippen molar-refractivity contribution >= 4 is 6.08 Å². The van der Waals surface area contributed by atoms with Gasteiger partial charge in [0.25, 0.3) is 6.08 Å². The Kier molecular flexibility index (Phi) is 3.61. The van der Waals surface area contributed by atoms with Gasteiger partial charge in [-0.05, 0) is 12.0 Å². The molecule has 0 saturated carbocycles. The van der Waals surface area contributed by atoms with Crippen molar-refractivity contribution in [2.75, 3.05) is 6.54 Å². The Morgan fingerprint density at radius 2 is 2.08 bits per heavy atom. The van der Waals surface area contributed by atoms with Crippen molar-refractivity contribution in [3.8, 4) is 0 Å². The number of carbonyl (C=O) groups excluding carboxylic acids is 1. The van der Waals surface area contributed by atoms with E-state index in [0.29, 0.717) is 6.54 Å². The van der Waals surface area contributed by atoms with Gasteiger partial charge in [-0.25, -0.2) is 4.79 Å². The van der Waals surface area contributed by atoms with Crippen molar-refractivity contribution in [3.63, 3.8) is 0 Å². The molecule has 3 nitrogen and oxygen atoms in total. The van der Waals surface area contributed by atoms with Gasteiger partial charge < -0.3 is 0 Å². The number of benzene rings is 1. The summed E-state index contributed by atoms with van der Waals surface area (Å²) in [5, 5.41) is 3.23. The van der Waals surface area contributed by atoms with Crippen molar-refractivity contribution in [1.82, 2.24) is 5.43 Å². The van der Waals surface area contributed by atoms with Gasteiger partial charge in [-0.2, -0.15) is 0 Å². The van der Waals surface area contributed by atoms with Crippen molar-refractivity contribution in [2.24, 2.45) is 5.10 Å². The van der Waals surface area contributed by atoms with Crippen LogP contribution in [-0.2, 0) is 11.2 Å². The summed E-state index contributed by atoms with van der Waals surface area (Å²) in [6.07, 6.45) is 2.28. The molecule has 0 heterocycles. The van der Waals surface area contributed by atoms with E-state index in [9.17, 15) is 4.79 Å². The van der Waals surface area contributed by atoms with Crippen LogP contribution in [0.25, 0.3) is 0 Å². The fraction of sp³-hybridized carbons (Fsp3) is 0.222. The Morgan fingerprint density at radius 1 is 1.33 bits per heavy atom. The minimum absolute atomic E-state index is 0.666. The van der Waals surface area contributed by atoms with E-state index in [2.05, 4.69) is 10.5 Å². The lowest BCUT2D eigenvalue weighted by Crippen LogP contribution is -2.09. The van der Waals surface area contributed by atoms with Crippen molar-refractivity contribution in [2.45, 2.75) is 6.42 Å². The lowest BCUT2D eigenvalue weighted by molar-refractivity contribution is 0.557. The molecule has 3 heteroatoms. The monoisotopic (exact) mass is 162 g/mol. The first-order chi connectivity index (χ1) is 5.93. The average molecular weight is 162 g/mol. The first-order valence-electron chi connectivity index (χ1n) is 3.77. The largest absolute Gasteiger partial charge is 0.299 e. The van der Waals surface area contributed by atoms with Crippen LogP contribution in [0.3, 0.4) is 0 Å². The van der Waals surface area contributed by atoms with Crippen molar-refractivity contribution in [1.29, 1.82) is 0 Å².